The van der Waals surface area contributed by atoms with Crippen molar-refractivity contribution < 1.29 is 0 Å². The van der Waals surface area contributed by atoms with E-state index in [-0.39, 0.29) is 0 Å². The molecule has 4 unspecified atom stereocenters. The lowest BCUT2D eigenvalue weighted by molar-refractivity contribution is 0.0443. The van der Waals surface area contributed by atoms with Crippen molar-refractivity contribution in [3.05, 3.63) is 0 Å². The normalized spacial score (nSPS) is 37.0. The third-order valence-electron chi connectivity index (χ3n) is 14.2. The first-order chi connectivity index (χ1) is 25.4. The standard InChI is InChI=1S/C9H17N.C8H15N.2C7H13N.C6H11N.5C2H6/c1-10-8-4-2-5-9(10)7-3-6-8;1-9-7-3-2-4-8(9)6-5-7;1-8-4-6-2-7(3-6)5-8;1-8-6-2-3-7(8)5-4-6;1-7-5-2-3-6(7)4-5;5*1-2/h8-9H,2-7H2,1H3;7-8H,2-6H2,1H3;2*6-7H,2-5H2,1H3;5-6H,2-4H2,1H3;5*1-2H3. The maximum atomic E-state index is 2.62. The second kappa shape index (κ2) is 28.2. The first kappa shape index (κ1) is 49.8. The van der Waals surface area contributed by atoms with Crippen LogP contribution >= 0.6 is 0 Å². The molecule has 0 radical (unpaired) electrons. The van der Waals surface area contributed by atoms with Gasteiger partial charge >= 0.3 is 0 Å². The van der Waals surface area contributed by atoms with E-state index in [2.05, 4.69) is 59.7 Å². The molecular formula is C47H99N5. The minimum atomic E-state index is 0.951. The second-order valence-electron chi connectivity index (χ2n) is 16.7. The van der Waals surface area contributed by atoms with Crippen LogP contribution in [0.4, 0.5) is 0 Å². The average molecular weight is 734 g/mol. The lowest BCUT2D eigenvalue weighted by atomic mass is 9.71. The summed E-state index contributed by atoms with van der Waals surface area (Å²) in [5, 5.41) is 0. The van der Waals surface area contributed by atoms with Crippen molar-refractivity contribution in [2.24, 2.45) is 11.8 Å². The van der Waals surface area contributed by atoms with E-state index in [0.29, 0.717) is 0 Å². The van der Waals surface area contributed by atoms with Crippen molar-refractivity contribution in [2.45, 2.75) is 246 Å². The van der Waals surface area contributed by atoms with Gasteiger partial charge in [0, 0.05) is 61.4 Å². The highest BCUT2D eigenvalue weighted by atomic mass is 15.2. The summed E-state index contributed by atoms with van der Waals surface area (Å²) >= 11 is 0. The Kier molecular flexibility index (Phi) is 27.0. The number of fused-ring (bicyclic) bond motifs is 9. The van der Waals surface area contributed by atoms with Gasteiger partial charge in [-0.05, 0) is 156 Å². The maximum Gasteiger partial charge on any atom is 0.0111 e. The van der Waals surface area contributed by atoms with Crippen LogP contribution in [0.2, 0.25) is 0 Å². The van der Waals surface area contributed by atoms with E-state index < -0.39 is 0 Å². The molecule has 4 atom stereocenters. The van der Waals surface area contributed by atoms with Crippen LogP contribution in [0.3, 0.4) is 0 Å². The Bertz CT molecular complexity index is 749. The summed E-state index contributed by atoms with van der Waals surface area (Å²) in [6, 6.07) is 7.75. The highest BCUT2D eigenvalue weighted by molar-refractivity contribution is 4.98. The van der Waals surface area contributed by atoms with Crippen molar-refractivity contribution in [1.29, 1.82) is 0 Å². The van der Waals surface area contributed by atoms with E-state index in [4.69, 9.17) is 0 Å². The molecule has 0 N–H and O–H groups in total. The Morgan fingerprint density at radius 2 is 0.481 bits per heavy atom. The Morgan fingerprint density at radius 1 is 0.269 bits per heavy atom. The molecule has 12 fully saturated rings. The monoisotopic (exact) mass is 734 g/mol. The molecule has 0 amide bonds. The number of nitrogens with zero attached hydrogens (tertiary/aromatic N) is 5. The molecule has 2 aliphatic carbocycles. The van der Waals surface area contributed by atoms with Gasteiger partial charge in [-0.2, -0.15) is 0 Å². The predicted octanol–water partition coefficient (Wildman–Crippen LogP) is 11.8. The van der Waals surface area contributed by atoms with Gasteiger partial charge in [0.05, 0.1) is 0 Å². The van der Waals surface area contributed by atoms with Crippen LogP contribution in [0.5, 0.6) is 0 Å². The topological polar surface area (TPSA) is 16.2 Å². The molecule has 12 aliphatic rings. The van der Waals surface area contributed by atoms with Crippen LogP contribution in [-0.4, -0.2) is 121 Å². The summed E-state index contributed by atoms with van der Waals surface area (Å²) in [5.74, 6) is 2.16. The molecule has 312 valence electrons. The minimum absolute atomic E-state index is 0.951. The van der Waals surface area contributed by atoms with Crippen LogP contribution in [0, 0.1) is 11.8 Å². The van der Waals surface area contributed by atoms with Crippen molar-refractivity contribution in [3.8, 4) is 0 Å². The first-order valence-corrected chi connectivity index (χ1v) is 23.9. The zero-order valence-electron chi connectivity index (χ0n) is 38.6. The molecule has 10 bridgehead atoms. The van der Waals surface area contributed by atoms with Crippen LogP contribution in [0.25, 0.3) is 0 Å². The number of hydrogen-bond donors (Lipinski definition) is 0. The third-order valence-corrected chi connectivity index (χ3v) is 14.2. The molecule has 0 aromatic rings. The molecule has 5 nitrogen and oxygen atoms in total. The summed E-state index contributed by atoms with van der Waals surface area (Å²) in [4.78, 5) is 12.7. The Labute approximate surface area is 329 Å². The van der Waals surface area contributed by atoms with Crippen LogP contribution in [0.1, 0.15) is 198 Å². The molecule has 10 heterocycles. The van der Waals surface area contributed by atoms with Gasteiger partial charge in [0.15, 0.2) is 0 Å². The Morgan fingerprint density at radius 3 is 0.635 bits per heavy atom. The zero-order valence-corrected chi connectivity index (χ0v) is 38.6. The van der Waals surface area contributed by atoms with Crippen molar-refractivity contribution >= 4 is 0 Å². The second-order valence-corrected chi connectivity index (χ2v) is 16.7. The van der Waals surface area contributed by atoms with Crippen molar-refractivity contribution in [2.75, 3.05) is 48.3 Å². The van der Waals surface area contributed by atoms with Gasteiger partial charge in [-0.1, -0.05) is 88.5 Å². The van der Waals surface area contributed by atoms with Crippen molar-refractivity contribution in [3.63, 3.8) is 0 Å². The summed E-state index contributed by atoms with van der Waals surface area (Å²) in [6.07, 6.45) is 29.6. The fraction of sp³-hybridized carbons (Fsp3) is 1.00. The van der Waals surface area contributed by atoms with Gasteiger partial charge in [0.1, 0.15) is 0 Å². The highest BCUT2D eigenvalue weighted by Gasteiger charge is 2.41. The molecule has 0 spiro atoms. The first-order valence-electron chi connectivity index (χ1n) is 23.9. The lowest BCUT2D eigenvalue weighted by Gasteiger charge is -2.45. The number of hydrogen-bond acceptors (Lipinski definition) is 5. The Balaban J connectivity index is 0.000000307. The van der Waals surface area contributed by atoms with Crippen LogP contribution in [-0.2, 0) is 0 Å². The largest absolute Gasteiger partial charge is 0.306 e. The summed E-state index contributed by atoms with van der Waals surface area (Å²) < 4.78 is 0. The van der Waals surface area contributed by atoms with Gasteiger partial charge in [-0.25, -0.2) is 0 Å². The fourth-order valence-electron chi connectivity index (χ4n) is 11.1. The fourth-order valence-corrected chi connectivity index (χ4v) is 11.1. The molecule has 10 aliphatic heterocycles. The molecule has 10 saturated heterocycles. The van der Waals surface area contributed by atoms with Crippen LogP contribution in [0.15, 0.2) is 0 Å². The van der Waals surface area contributed by atoms with Gasteiger partial charge in [0.25, 0.3) is 0 Å². The van der Waals surface area contributed by atoms with E-state index >= 15 is 0 Å². The molecular weight excluding hydrogens is 635 g/mol. The number of rotatable bonds is 0. The highest BCUT2D eigenvalue weighted by Crippen LogP contribution is 2.39. The SMILES string of the molecule is CC.CC.CC.CC.CC.CN1C2CCC1C2.CN1C2CCC1CC2.CN1C2CCCC1CC2.CN1C2CCCC1CCC2.CN1CC2CC(C2)C1. The van der Waals surface area contributed by atoms with Gasteiger partial charge < -0.3 is 24.5 Å². The number of piperidine rings is 5. The molecule has 52 heavy (non-hydrogen) atoms. The van der Waals surface area contributed by atoms with E-state index in [1.165, 1.54) is 142 Å². The van der Waals surface area contributed by atoms with E-state index in [9.17, 15) is 0 Å². The van der Waals surface area contributed by atoms with Gasteiger partial charge in [-0.3, -0.25) is 0 Å². The third kappa shape index (κ3) is 14.7. The molecule has 0 aromatic carbocycles. The zero-order chi connectivity index (χ0) is 39.2. The van der Waals surface area contributed by atoms with E-state index in [1.807, 2.05) is 69.2 Å². The van der Waals surface area contributed by atoms with Crippen molar-refractivity contribution in [1.82, 2.24) is 24.5 Å². The smallest absolute Gasteiger partial charge is 0.0111 e. The van der Waals surface area contributed by atoms with E-state index in [0.717, 1.165) is 60.2 Å². The van der Waals surface area contributed by atoms with Gasteiger partial charge in [-0.15, -0.1) is 0 Å². The summed E-state index contributed by atoms with van der Waals surface area (Å²) in [7, 11) is 11.4. The van der Waals surface area contributed by atoms with E-state index in [1.54, 1.807) is 0 Å². The molecule has 2 saturated carbocycles. The Hall–Kier alpha value is -0.200. The minimum Gasteiger partial charge on any atom is -0.306 e. The van der Waals surface area contributed by atoms with Crippen LogP contribution < -0.4 is 0 Å². The summed E-state index contributed by atoms with van der Waals surface area (Å²) in [6.45, 7) is 22.7. The summed E-state index contributed by atoms with van der Waals surface area (Å²) in [5.41, 5.74) is 0. The van der Waals surface area contributed by atoms with Gasteiger partial charge in [0.2, 0.25) is 0 Å². The maximum absolute atomic E-state index is 2.62. The lowest BCUT2D eigenvalue weighted by Crippen LogP contribution is -2.46. The molecule has 12 rings (SSSR count). The quantitative estimate of drug-likeness (QED) is 0.246. The predicted molar refractivity (Wildman–Crippen MR) is 235 cm³/mol. The average Bonchev–Trinajstić information content (AvgIpc) is 4.01. The molecule has 0 aromatic heterocycles. The molecule has 5 heteroatoms.